The first-order chi connectivity index (χ1) is 13.7. The fourth-order valence-corrected chi connectivity index (χ4v) is 3.32. The molecule has 0 unspecified atom stereocenters. The second-order valence-corrected chi connectivity index (χ2v) is 8.20. The number of carbonyl (C=O) groups is 1. The minimum atomic E-state index is -0.989. The van der Waals surface area contributed by atoms with Crippen LogP contribution in [0.25, 0.3) is 10.8 Å². The number of aromatic carboxylic acids is 1. The van der Waals surface area contributed by atoms with E-state index in [1.807, 2.05) is 49.9 Å². The van der Waals surface area contributed by atoms with Crippen molar-refractivity contribution in [3.05, 3.63) is 42.0 Å². The molecule has 0 aromatic heterocycles. The molecule has 0 saturated carbocycles. The molecule has 0 radical (unpaired) electrons. The van der Waals surface area contributed by atoms with Crippen molar-refractivity contribution in [3.63, 3.8) is 0 Å². The van der Waals surface area contributed by atoms with E-state index in [0.717, 1.165) is 37.0 Å². The number of rotatable bonds is 5. The SMILES string of the molecule is CC(C)(C)OC(=N)N1CCN(CCOc2cc3ccccc3cc2C(=O)O)CC1. The molecule has 3 rings (SSSR count). The molecule has 2 aromatic rings. The number of nitrogens with one attached hydrogen (secondary N) is 1. The summed E-state index contributed by atoms with van der Waals surface area (Å²) in [5.74, 6) is -0.591. The number of nitrogens with zero attached hydrogens (tertiary/aromatic N) is 2. The summed E-state index contributed by atoms with van der Waals surface area (Å²) in [4.78, 5) is 15.8. The zero-order valence-electron chi connectivity index (χ0n) is 17.3. The molecule has 156 valence electrons. The van der Waals surface area contributed by atoms with Gasteiger partial charge in [0.25, 0.3) is 6.02 Å². The Morgan fingerprint density at radius 2 is 1.72 bits per heavy atom. The van der Waals surface area contributed by atoms with Crippen LogP contribution in [0.3, 0.4) is 0 Å². The lowest BCUT2D eigenvalue weighted by molar-refractivity contribution is 0.0677. The second-order valence-electron chi connectivity index (χ2n) is 8.20. The Morgan fingerprint density at radius 3 is 2.31 bits per heavy atom. The standard InChI is InChI=1S/C22H29N3O4/c1-22(2,3)29-21(23)25-10-8-24(9-11-25)12-13-28-19-15-17-7-5-4-6-16(17)14-18(19)20(26)27/h4-7,14-15,23H,8-13H2,1-3H3,(H,26,27). The van der Waals surface area contributed by atoms with Gasteiger partial charge in [-0.1, -0.05) is 24.3 Å². The molecule has 0 amide bonds. The van der Waals surface area contributed by atoms with E-state index in [1.54, 1.807) is 12.1 Å². The van der Waals surface area contributed by atoms with Gasteiger partial charge in [0.1, 0.15) is 23.5 Å². The van der Waals surface area contributed by atoms with Crippen LogP contribution in [-0.2, 0) is 4.74 Å². The number of benzene rings is 2. The summed E-state index contributed by atoms with van der Waals surface area (Å²) in [5, 5.41) is 19.4. The Kier molecular flexibility index (Phi) is 6.27. The normalized spacial score (nSPS) is 15.3. The average molecular weight is 399 g/mol. The van der Waals surface area contributed by atoms with Gasteiger partial charge in [-0.3, -0.25) is 10.3 Å². The molecule has 0 bridgehead atoms. The summed E-state index contributed by atoms with van der Waals surface area (Å²) < 4.78 is 11.5. The molecule has 0 spiro atoms. The van der Waals surface area contributed by atoms with E-state index in [2.05, 4.69) is 4.90 Å². The van der Waals surface area contributed by atoms with Gasteiger partial charge in [0, 0.05) is 32.7 Å². The van der Waals surface area contributed by atoms with Crippen LogP contribution in [0, 0.1) is 5.41 Å². The molecular weight excluding hydrogens is 370 g/mol. The highest BCUT2D eigenvalue weighted by Gasteiger charge is 2.23. The van der Waals surface area contributed by atoms with Crippen molar-refractivity contribution in [2.75, 3.05) is 39.3 Å². The Hall–Kier alpha value is -2.80. The summed E-state index contributed by atoms with van der Waals surface area (Å²) in [7, 11) is 0. The fraction of sp³-hybridized carbons (Fsp3) is 0.455. The summed E-state index contributed by atoms with van der Waals surface area (Å²) in [6.07, 6.45) is 0. The number of fused-ring (bicyclic) bond motifs is 1. The van der Waals surface area contributed by atoms with Gasteiger partial charge < -0.3 is 19.5 Å². The third-order valence-corrected chi connectivity index (χ3v) is 4.81. The maximum absolute atomic E-state index is 11.6. The number of hydrogen-bond donors (Lipinski definition) is 2. The summed E-state index contributed by atoms with van der Waals surface area (Å²) in [5.41, 5.74) is -0.190. The molecule has 29 heavy (non-hydrogen) atoms. The highest BCUT2D eigenvalue weighted by Crippen LogP contribution is 2.26. The lowest BCUT2D eigenvalue weighted by Crippen LogP contribution is -2.50. The van der Waals surface area contributed by atoms with Gasteiger partial charge in [0.15, 0.2) is 0 Å². The molecule has 1 fully saturated rings. The van der Waals surface area contributed by atoms with Crippen molar-refractivity contribution in [3.8, 4) is 5.75 Å². The third-order valence-electron chi connectivity index (χ3n) is 4.81. The van der Waals surface area contributed by atoms with Crippen molar-refractivity contribution in [1.82, 2.24) is 9.80 Å². The topological polar surface area (TPSA) is 86.1 Å². The molecule has 2 aromatic carbocycles. The van der Waals surface area contributed by atoms with Gasteiger partial charge in [-0.05, 0) is 43.7 Å². The summed E-state index contributed by atoms with van der Waals surface area (Å²) in [6.45, 7) is 10.00. The van der Waals surface area contributed by atoms with Crippen LogP contribution in [-0.4, -0.2) is 71.8 Å². The summed E-state index contributed by atoms with van der Waals surface area (Å²) >= 11 is 0. The largest absolute Gasteiger partial charge is 0.491 e. The first-order valence-corrected chi connectivity index (χ1v) is 9.87. The van der Waals surface area contributed by atoms with Crippen LogP contribution in [0.1, 0.15) is 31.1 Å². The molecular formula is C22H29N3O4. The van der Waals surface area contributed by atoms with Gasteiger partial charge in [-0.15, -0.1) is 0 Å². The Balaban J connectivity index is 1.53. The van der Waals surface area contributed by atoms with Gasteiger partial charge in [-0.2, -0.15) is 0 Å². The van der Waals surface area contributed by atoms with Crippen molar-refractivity contribution in [1.29, 1.82) is 5.41 Å². The zero-order chi connectivity index (χ0) is 21.0. The van der Waals surface area contributed by atoms with E-state index in [9.17, 15) is 9.90 Å². The first kappa shape index (κ1) is 20.9. The predicted octanol–water partition coefficient (Wildman–Crippen LogP) is 3.28. The Labute approximate surface area is 171 Å². The molecule has 1 saturated heterocycles. The third kappa shape index (κ3) is 5.60. The van der Waals surface area contributed by atoms with E-state index >= 15 is 0 Å². The lowest BCUT2D eigenvalue weighted by atomic mass is 10.1. The van der Waals surface area contributed by atoms with Crippen molar-refractivity contribution in [2.24, 2.45) is 0 Å². The number of carboxylic acid groups (broad SMARTS) is 1. The molecule has 1 aliphatic rings. The highest BCUT2D eigenvalue weighted by atomic mass is 16.5. The minimum Gasteiger partial charge on any atom is -0.491 e. The Bertz CT molecular complexity index is 883. The van der Waals surface area contributed by atoms with E-state index in [0.29, 0.717) is 18.9 Å². The molecule has 7 nitrogen and oxygen atoms in total. The quantitative estimate of drug-likeness (QED) is 0.593. The smallest absolute Gasteiger partial charge is 0.339 e. The second kappa shape index (κ2) is 8.69. The highest BCUT2D eigenvalue weighted by molar-refractivity contribution is 5.97. The number of carboxylic acids is 1. The monoisotopic (exact) mass is 399 g/mol. The van der Waals surface area contributed by atoms with Crippen LogP contribution in [0.5, 0.6) is 5.75 Å². The first-order valence-electron chi connectivity index (χ1n) is 9.87. The van der Waals surface area contributed by atoms with Crippen molar-refractivity contribution in [2.45, 2.75) is 26.4 Å². The van der Waals surface area contributed by atoms with E-state index in [4.69, 9.17) is 14.9 Å². The number of ether oxygens (including phenoxy) is 2. The van der Waals surface area contributed by atoms with Crippen LogP contribution >= 0.6 is 0 Å². The van der Waals surface area contributed by atoms with Gasteiger partial charge >= 0.3 is 5.97 Å². The predicted molar refractivity (Wildman–Crippen MR) is 113 cm³/mol. The molecule has 0 aliphatic carbocycles. The molecule has 1 aliphatic heterocycles. The maximum atomic E-state index is 11.6. The molecule has 1 heterocycles. The van der Waals surface area contributed by atoms with Crippen LogP contribution in [0.4, 0.5) is 0 Å². The fourth-order valence-electron chi connectivity index (χ4n) is 3.32. The maximum Gasteiger partial charge on any atom is 0.339 e. The van der Waals surface area contributed by atoms with E-state index < -0.39 is 5.97 Å². The zero-order valence-corrected chi connectivity index (χ0v) is 17.3. The van der Waals surface area contributed by atoms with Gasteiger partial charge in [0.2, 0.25) is 0 Å². The number of amidine groups is 1. The molecule has 2 N–H and O–H groups in total. The van der Waals surface area contributed by atoms with Crippen molar-refractivity contribution < 1.29 is 19.4 Å². The van der Waals surface area contributed by atoms with Gasteiger partial charge in [0.05, 0.1) is 0 Å². The Morgan fingerprint density at radius 1 is 1.10 bits per heavy atom. The minimum absolute atomic E-state index is 0.182. The van der Waals surface area contributed by atoms with Crippen LogP contribution in [0.15, 0.2) is 36.4 Å². The number of hydrogen-bond acceptors (Lipinski definition) is 5. The van der Waals surface area contributed by atoms with Gasteiger partial charge in [-0.25, -0.2) is 4.79 Å². The van der Waals surface area contributed by atoms with Crippen molar-refractivity contribution >= 4 is 22.8 Å². The number of piperazine rings is 1. The van der Waals surface area contributed by atoms with Crippen LogP contribution < -0.4 is 4.74 Å². The average Bonchev–Trinajstić information content (AvgIpc) is 2.66. The summed E-state index contributed by atoms with van der Waals surface area (Å²) in [6, 6.07) is 11.3. The molecule has 7 heteroatoms. The van der Waals surface area contributed by atoms with Crippen LogP contribution in [0.2, 0.25) is 0 Å². The lowest BCUT2D eigenvalue weighted by Gasteiger charge is -2.37. The molecule has 0 atom stereocenters. The van der Waals surface area contributed by atoms with E-state index in [-0.39, 0.29) is 17.2 Å². The van der Waals surface area contributed by atoms with E-state index in [1.165, 1.54) is 0 Å².